The van der Waals surface area contributed by atoms with Gasteiger partial charge in [-0.25, -0.2) is 4.99 Å². The molecule has 6 nitrogen and oxygen atoms in total. The summed E-state index contributed by atoms with van der Waals surface area (Å²) in [6, 6.07) is 17.1. The average Bonchev–Trinajstić information content (AvgIpc) is 3.11. The molecule has 1 aliphatic heterocycles. The first-order valence-electron chi connectivity index (χ1n) is 7.87. The Bertz CT molecular complexity index is 1020. The zero-order valence-corrected chi connectivity index (χ0v) is 13.7. The van der Waals surface area contributed by atoms with Crippen molar-refractivity contribution in [3.8, 4) is 5.75 Å². The highest BCUT2D eigenvalue weighted by molar-refractivity contribution is 5.69. The Labute approximate surface area is 144 Å². The number of ether oxygens (including phenoxy) is 1. The van der Waals surface area contributed by atoms with E-state index in [4.69, 9.17) is 25.6 Å². The Kier molecular flexibility index (Phi) is 3.57. The van der Waals surface area contributed by atoms with Crippen LogP contribution in [-0.4, -0.2) is 7.11 Å². The molecule has 0 spiro atoms. The van der Waals surface area contributed by atoms with Crippen LogP contribution < -0.4 is 31.9 Å². The number of fused-ring (bicyclic) bond motifs is 1. The van der Waals surface area contributed by atoms with Gasteiger partial charge in [0.25, 0.3) is 0 Å². The largest absolute Gasteiger partial charge is 0.497 e. The van der Waals surface area contributed by atoms with Gasteiger partial charge in [0.2, 0.25) is 5.55 Å². The monoisotopic (exact) mass is 334 g/mol. The van der Waals surface area contributed by atoms with E-state index in [-0.39, 0.29) is 6.17 Å². The van der Waals surface area contributed by atoms with Crippen LogP contribution in [0.4, 0.5) is 11.4 Å². The second-order valence-electron chi connectivity index (χ2n) is 5.77. The van der Waals surface area contributed by atoms with Crippen molar-refractivity contribution in [1.29, 1.82) is 0 Å². The number of nitrogens with zero attached hydrogens (tertiary/aromatic N) is 2. The zero-order valence-electron chi connectivity index (χ0n) is 13.7. The van der Waals surface area contributed by atoms with Crippen LogP contribution in [0.15, 0.2) is 70.3 Å². The molecule has 1 aliphatic rings. The van der Waals surface area contributed by atoms with Crippen molar-refractivity contribution in [2.24, 2.45) is 10.7 Å². The highest BCUT2D eigenvalue weighted by atomic mass is 16.5. The first-order valence-corrected chi connectivity index (χ1v) is 7.87. The van der Waals surface area contributed by atoms with Gasteiger partial charge in [0.05, 0.1) is 18.6 Å². The normalized spacial score (nSPS) is 16.3. The number of nitrogen functional groups attached to an aromatic ring is 1. The molecule has 0 amide bonds. The topological polar surface area (TPSA) is 90.0 Å². The summed E-state index contributed by atoms with van der Waals surface area (Å²) in [5.74, 6) is 1.36. The molecule has 1 unspecified atom stereocenters. The number of hydrogen-bond acceptors (Lipinski definition) is 6. The van der Waals surface area contributed by atoms with Crippen LogP contribution in [0, 0.1) is 0 Å². The summed E-state index contributed by atoms with van der Waals surface area (Å²) in [6.45, 7) is 0. The molecule has 2 heterocycles. The van der Waals surface area contributed by atoms with E-state index in [0.717, 1.165) is 22.2 Å². The molecule has 0 saturated heterocycles. The van der Waals surface area contributed by atoms with Gasteiger partial charge in [0.15, 0.2) is 6.17 Å². The Morgan fingerprint density at radius 1 is 1.08 bits per heavy atom. The van der Waals surface area contributed by atoms with E-state index in [2.05, 4.69) is 0 Å². The molecular formula is C19H18N4O2. The van der Waals surface area contributed by atoms with Gasteiger partial charge in [0.1, 0.15) is 11.6 Å². The molecule has 0 radical (unpaired) electrons. The first kappa shape index (κ1) is 15.1. The van der Waals surface area contributed by atoms with E-state index < -0.39 is 0 Å². The van der Waals surface area contributed by atoms with Crippen LogP contribution in [0.3, 0.4) is 0 Å². The third-order valence-electron chi connectivity index (χ3n) is 4.22. The fourth-order valence-corrected chi connectivity index (χ4v) is 2.99. The zero-order chi connectivity index (χ0) is 17.4. The van der Waals surface area contributed by atoms with Crippen molar-refractivity contribution in [2.75, 3.05) is 17.7 Å². The van der Waals surface area contributed by atoms with Crippen molar-refractivity contribution in [1.82, 2.24) is 0 Å². The van der Waals surface area contributed by atoms with Crippen LogP contribution >= 0.6 is 0 Å². The molecule has 4 rings (SSSR count). The van der Waals surface area contributed by atoms with Crippen molar-refractivity contribution < 1.29 is 9.15 Å². The third-order valence-corrected chi connectivity index (χ3v) is 4.22. The summed E-state index contributed by atoms with van der Waals surface area (Å²) in [7, 11) is 1.64. The second kappa shape index (κ2) is 5.90. The number of rotatable bonds is 3. The van der Waals surface area contributed by atoms with Crippen LogP contribution in [0.2, 0.25) is 0 Å². The minimum atomic E-state index is -0.365. The smallest absolute Gasteiger partial charge is 0.227 e. The van der Waals surface area contributed by atoms with Crippen LogP contribution in [0.25, 0.3) is 5.82 Å². The van der Waals surface area contributed by atoms with E-state index in [1.54, 1.807) is 13.4 Å². The number of benzene rings is 2. The molecule has 0 fully saturated rings. The summed E-state index contributed by atoms with van der Waals surface area (Å²) in [6.07, 6.45) is 1.23. The molecule has 2 aromatic carbocycles. The van der Waals surface area contributed by atoms with Gasteiger partial charge in [-0.1, -0.05) is 12.1 Å². The molecule has 1 aromatic heterocycles. The Morgan fingerprint density at radius 3 is 2.60 bits per heavy atom. The van der Waals surface area contributed by atoms with Gasteiger partial charge in [0, 0.05) is 11.4 Å². The number of nitrogens with two attached hydrogens (primary N) is 2. The summed E-state index contributed by atoms with van der Waals surface area (Å²) in [5.41, 5.74) is 15.5. The quantitative estimate of drug-likeness (QED) is 0.712. The number of methoxy groups -OCH3 is 1. The lowest BCUT2D eigenvalue weighted by Gasteiger charge is -2.33. The molecule has 126 valence electrons. The molecule has 6 heteroatoms. The van der Waals surface area contributed by atoms with Crippen molar-refractivity contribution in [3.63, 3.8) is 0 Å². The van der Waals surface area contributed by atoms with E-state index in [1.165, 1.54) is 0 Å². The highest BCUT2D eigenvalue weighted by Gasteiger charge is 2.27. The average molecular weight is 334 g/mol. The SMILES string of the molecule is COc1ccc(N2C(N)=c3ccoc3=NC2c2cccc(N)c2)cc1. The van der Waals surface area contributed by atoms with Crippen molar-refractivity contribution in [3.05, 3.63) is 77.2 Å². The summed E-state index contributed by atoms with van der Waals surface area (Å²) < 4.78 is 10.7. The van der Waals surface area contributed by atoms with Crippen LogP contribution in [0.1, 0.15) is 11.7 Å². The number of hydrogen-bond donors (Lipinski definition) is 2. The van der Waals surface area contributed by atoms with Crippen LogP contribution in [0.5, 0.6) is 5.75 Å². The lowest BCUT2D eigenvalue weighted by atomic mass is 10.1. The lowest BCUT2D eigenvalue weighted by molar-refractivity contribution is 0.415. The molecule has 0 aliphatic carbocycles. The Balaban J connectivity index is 1.90. The lowest BCUT2D eigenvalue weighted by Crippen LogP contribution is -2.43. The summed E-state index contributed by atoms with van der Waals surface area (Å²) in [5, 5.41) is 0.774. The second-order valence-corrected chi connectivity index (χ2v) is 5.77. The van der Waals surface area contributed by atoms with Crippen molar-refractivity contribution in [2.45, 2.75) is 6.17 Å². The fourth-order valence-electron chi connectivity index (χ4n) is 2.99. The summed E-state index contributed by atoms with van der Waals surface area (Å²) in [4.78, 5) is 6.70. The standard InChI is InChI=1S/C19H18N4O2/c1-24-15-7-5-14(6-8-15)23-17(21)16-9-10-25-19(16)22-18(23)12-3-2-4-13(20)11-12/h2-11,18H,20-21H2,1H3. The van der Waals surface area contributed by atoms with E-state index in [9.17, 15) is 0 Å². The predicted octanol–water partition coefficient (Wildman–Crippen LogP) is 1.73. The number of anilines is 2. The van der Waals surface area contributed by atoms with Gasteiger partial charge in [-0.2, -0.15) is 0 Å². The van der Waals surface area contributed by atoms with E-state index in [0.29, 0.717) is 17.1 Å². The maximum Gasteiger partial charge on any atom is 0.227 e. The molecule has 0 bridgehead atoms. The van der Waals surface area contributed by atoms with Gasteiger partial charge < -0.3 is 25.5 Å². The fraction of sp³-hybridized carbons (Fsp3) is 0.105. The molecule has 1 atom stereocenters. The van der Waals surface area contributed by atoms with Crippen LogP contribution in [-0.2, 0) is 0 Å². The maximum atomic E-state index is 6.46. The van der Waals surface area contributed by atoms with E-state index in [1.807, 2.05) is 59.5 Å². The van der Waals surface area contributed by atoms with Gasteiger partial charge in [-0.3, -0.25) is 0 Å². The Morgan fingerprint density at radius 2 is 1.88 bits per heavy atom. The van der Waals surface area contributed by atoms with Gasteiger partial charge >= 0.3 is 0 Å². The minimum Gasteiger partial charge on any atom is -0.497 e. The minimum absolute atomic E-state index is 0.365. The first-order chi connectivity index (χ1) is 12.2. The summed E-state index contributed by atoms with van der Waals surface area (Å²) >= 11 is 0. The molecule has 3 aromatic rings. The maximum absolute atomic E-state index is 6.46. The molecular weight excluding hydrogens is 316 g/mol. The highest BCUT2D eigenvalue weighted by Crippen LogP contribution is 2.33. The predicted molar refractivity (Wildman–Crippen MR) is 96.2 cm³/mol. The molecule has 0 saturated carbocycles. The van der Waals surface area contributed by atoms with Crippen molar-refractivity contribution >= 4 is 17.2 Å². The number of furan rings is 1. The third kappa shape index (κ3) is 2.57. The Hall–Kier alpha value is -3.41. The molecule has 25 heavy (non-hydrogen) atoms. The van der Waals surface area contributed by atoms with Gasteiger partial charge in [-0.15, -0.1) is 0 Å². The van der Waals surface area contributed by atoms with E-state index >= 15 is 0 Å². The molecule has 4 N–H and O–H groups in total. The van der Waals surface area contributed by atoms with Gasteiger partial charge in [-0.05, 0) is 48.0 Å².